The minimum Gasteiger partial charge on any atom is -0.457 e. The van der Waals surface area contributed by atoms with Gasteiger partial charge in [-0.2, -0.15) is 0 Å². The van der Waals surface area contributed by atoms with Crippen molar-refractivity contribution >= 4 is 11.8 Å². The summed E-state index contributed by atoms with van der Waals surface area (Å²) in [6, 6.07) is 5.84. The van der Waals surface area contributed by atoms with Gasteiger partial charge < -0.3 is 4.74 Å². The van der Waals surface area contributed by atoms with E-state index in [4.69, 9.17) is 4.74 Å². The summed E-state index contributed by atoms with van der Waals surface area (Å²) in [7, 11) is 0. The van der Waals surface area contributed by atoms with E-state index in [0.29, 0.717) is 6.42 Å². The highest BCUT2D eigenvalue weighted by molar-refractivity contribution is 6.33. The fraction of sp³-hybridized carbons (Fsp3) is 0.385. The predicted octanol–water partition coefficient (Wildman–Crippen LogP) is 2.28. The Labute approximate surface area is 99.6 Å². The molecule has 0 aromatic heterocycles. The lowest BCUT2D eigenvalue weighted by molar-refractivity contribution is -0.156. The quantitative estimate of drug-likeness (QED) is 0.584. The lowest BCUT2D eigenvalue weighted by Gasteiger charge is -2.06. The summed E-state index contributed by atoms with van der Waals surface area (Å²) in [6.07, 6.45) is 0.195. The number of Topliss-reactive ketones (excluding diaryl/α,β-unsaturated/α-hetero) is 1. The first kappa shape index (κ1) is 13.4. The molecular weight excluding hydrogens is 223 g/mol. The van der Waals surface area contributed by atoms with Crippen LogP contribution in [0.15, 0.2) is 24.3 Å². The fourth-order valence-corrected chi connectivity index (χ4v) is 1.29. The van der Waals surface area contributed by atoms with Crippen molar-refractivity contribution in [2.45, 2.75) is 32.8 Å². The van der Waals surface area contributed by atoms with Crippen molar-refractivity contribution in [2.75, 3.05) is 0 Å². The van der Waals surface area contributed by atoms with Gasteiger partial charge >= 0.3 is 5.97 Å². The summed E-state index contributed by atoms with van der Waals surface area (Å²) in [5.74, 6) is -1.68. The minimum absolute atomic E-state index is 0.0805. The van der Waals surface area contributed by atoms with E-state index in [1.807, 2.05) is 0 Å². The van der Waals surface area contributed by atoms with Crippen LogP contribution in [0.25, 0.3) is 0 Å². The van der Waals surface area contributed by atoms with Crippen LogP contribution < -0.4 is 0 Å². The molecule has 4 heteroatoms. The van der Waals surface area contributed by atoms with Crippen LogP contribution in [-0.2, 0) is 20.7 Å². The second-order valence-electron chi connectivity index (χ2n) is 4.00. The summed E-state index contributed by atoms with van der Waals surface area (Å²) in [6.45, 7) is 3.37. The smallest absolute Gasteiger partial charge is 0.374 e. The third-order valence-corrected chi connectivity index (χ3v) is 2.12. The summed E-state index contributed by atoms with van der Waals surface area (Å²) >= 11 is 0. The van der Waals surface area contributed by atoms with E-state index < -0.39 is 11.8 Å². The van der Waals surface area contributed by atoms with Gasteiger partial charge in [0.25, 0.3) is 0 Å². The normalized spacial score (nSPS) is 10.4. The van der Waals surface area contributed by atoms with Crippen LogP contribution in [0.1, 0.15) is 25.8 Å². The maximum absolute atomic E-state index is 12.6. The third-order valence-electron chi connectivity index (χ3n) is 2.12. The third kappa shape index (κ3) is 4.76. The fourth-order valence-electron chi connectivity index (χ4n) is 1.29. The van der Waals surface area contributed by atoms with Gasteiger partial charge in [-0.3, -0.25) is 4.79 Å². The number of carbonyl (C=O) groups is 2. The van der Waals surface area contributed by atoms with Gasteiger partial charge in [0.05, 0.1) is 6.10 Å². The van der Waals surface area contributed by atoms with Crippen LogP contribution >= 0.6 is 0 Å². The van der Waals surface area contributed by atoms with Crippen LogP contribution in [0.5, 0.6) is 0 Å². The number of ketones is 1. The molecule has 0 N–H and O–H groups in total. The van der Waals surface area contributed by atoms with Crippen LogP contribution in [-0.4, -0.2) is 17.9 Å². The van der Waals surface area contributed by atoms with Crippen molar-refractivity contribution in [3.05, 3.63) is 35.6 Å². The molecule has 0 aliphatic heterocycles. The number of hydrogen-bond acceptors (Lipinski definition) is 3. The number of rotatable bonds is 5. The molecule has 0 fully saturated rings. The molecule has 0 amide bonds. The number of esters is 1. The predicted molar refractivity (Wildman–Crippen MR) is 61.0 cm³/mol. The van der Waals surface area contributed by atoms with Gasteiger partial charge in [0, 0.05) is 6.42 Å². The molecule has 0 spiro atoms. The Morgan fingerprint density at radius 1 is 1.24 bits per heavy atom. The van der Waals surface area contributed by atoms with Crippen molar-refractivity contribution in [3.8, 4) is 0 Å². The molecule has 0 atom stereocenters. The van der Waals surface area contributed by atoms with Gasteiger partial charge in [0.15, 0.2) is 0 Å². The van der Waals surface area contributed by atoms with E-state index in [9.17, 15) is 14.0 Å². The summed E-state index contributed by atoms with van der Waals surface area (Å²) in [5, 5.41) is 0. The van der Waals surface area contributed by atoms with Crippen molar-refractivity contribution in [1.82, 2.24) is 0 Å². The molecule has 0 radical (unpaired) electrons. The number of ether oxygens (including phenoxy) is 1. The Hall–Kier alpha value is -1.71. The van der Waals surface area contributed by atoms with Crippen molar-refractivity contribution in [3.63, 3.8) is 0 Å². The Kier molecular flexibility index (Phi) is 4.82. The zero-order chi connectivity index (χ0) is 12.8. The van der Waals surface area contributed by atoms with Gasteiger partial charge in [-0.25, -0.2) is 9.18 Å². The van der Waals surface area contributed by atoms with Crippen molar-refractivity contribution in [2.24, 2.45) is 0 Å². The Balaban J connectivity index is 2.43. The molecular formula is C13H15FO3. The van der Waals surface area contributed by atoms with Crippen LogP contribution in [0, 0.1) is 5.82 Å². The van der Waals surface area contributed by atoms with E-state index >= 15 is 0 Å². The maximum atomic E-state index is 12.6. The van der Waals surface area contributed by atoms with Gasteiger partial charge in [0.1, 0.15) is 5.82 Å². The monoisotopic (exact) mass is 238 g/mol. The van der Waals surface area contributed by atoms with E-state index in [1.165, 1.54) is 12.1 Å². The standard InChI is InChI=1S/C13H15FO3/c1-9(2)17-13(16)12(15)8-5-10-3-6-11(14)7-4-10/h3-4,6-7,9H,5,8H2,1-2H3. The highest BCUT2D eigenvalue weighted by Gasteiger charge is 2.16. The molecule has 0 bridgehead atoms. The minimum atomic E-state index is -0.804. The van der Waals surface area contributed by atoms with Crippen molar-refractivity contribution in [1.29, 1.82) is 0 Å². The first-order valence-corrected chi connectivity index (χ1v) is 5.47. The first-order valence-electron chi connectivity index (χ1n) is 5.47. The summed E-state index contributed by atoms with van der Waals surface area (Å²) in [4.78, 5) is 22.6. The topological polar surface area (TPSA) is 43.4 Å². The molecule has 0 heterocycles. The summed E-state index contributed by atoms with van der Waals surface area (Å²) in [5.41, 5.74) is 0.817. The second-order valence-corrected chi connectivity index (χ2v) is 4.00. The summed E-state index contributed by atoms with van der Waals surface area (Å²) < 4.78 is 17.4. The SMILES string of the molecule is CC(C)OC(=O)C(=O)CCc1ccc(F)cc1. The van der Waals surface area contributed by atoms with Crippen LogP contribution in [0.4, 0.5) is 4.39 Å². The molecule has 92 valence electrons. The molecule has 0 aliphatic rings. The van der Waals surface area contributed by atoms with E-state index in [2.05, 4.69) is 0 Å². The molecule has 1 rings (SSSR count). The lowest BCUT2D eigenvalue weighted by Crippen LogP contribution is -2.21. The highest BCUT2D eigenvalue weighted by Crippen LogP contribution is 2.06. The number of benzene rings is 1. The Morgan fingerprint density at radius 2 is 1.82 bits per heavy atom. The van der Waals surface area contributed by atoms with Crippen LogP contribution in [0.2, 0.25) is 0 Å². The van der Waals surface area contributed by atoms with E-state index in [1.54, 1.807) is 26.0 Å². The average molecular weight is 238 g/mol. The zero-order valence-electron chi connectivity index (χ0n) is 9.90. The molecule has 17 heavy (non-hydrogen) atoms. The first-order chi connectivity index (χ1) is 7.99. The maximum Gasteiger partial charge on any atom is 0.374 e. The number of aryl methyl sites for hydroxylation is 1. The molecule has 3 nitrogen and oxygen atoms in total. The van der Waals surface area contributed by atoms with Crippen LogP contribution in [0.3, 0.4) is 0 Å². The van der Waals surface area contributed by atoms with Gasteiger partial charge in [-0.15, -0.1) is 0 Å². The van der Waals surface area contributed by atoms with Gasteiger partial charge in [-0.1, -0.05) is 12.1 Å². The highest BCUT2D eigenvalue weighted by atomic mass is 19.1. The molecule has 0 saturated carbocycles. The average Bonchev–Trinajstić information content (AvgIpc) is 2.27. The van der Waals surface area contributed by atoms with Gasteiger partial charge in [-0.05, 0) is 38.0 Å². The number of carbonyl (C=O) groups excluding carboxylic acids is 2. The zero-order valence-corrected chi connectivity index (χ0v) is 9.90. The molecule has 0 aliphatic carbocycles. The van der Waals surface area contributed by atoms with Crippen molar-refractivity contribution < 1.29 is 18.7 Å². The van der Waals surface area contributed by atoms with Gasteiger partial charge in [0.2, 0.25) is 5.78 Å². The second kappa shape index (κ2) is 6.13. The molecule has 1 aromatic rings. The Bertz CT molecular complexity index is 396. The number of halogens is 1. The van der Waals surface area contributed by atoms with E-state index in [-0.39, 0.29) is 18.3 Å². The number of hydrogen-bond donors (Lipinski definition) is 0. The Morgan fingerprint density at radius 3 is 2.35 bits per heavy atom. The lowest BCUT2D eigenvalue weighted by atomic mass is 10.1. The molecule has 1 aromatic carbocycles. The molecule has 0 unspecified atom stereocenters. The largest absolute Gasteiger partial charge is 0.457 e. The van der Waals surface area contributed by atoms with E-state index in [0.717, 1.165) is 5.56 Å². The molecule has 0 saturated heterocycles.